The molecule has 0 spiro atoms. The Morgan fingerprint density at radius 2 is 1.95 bits per heavy atom. The summed E-state index contributed by atoms with van der Waals surface area (Å²) in [6.45, 7) is 4.65. The zero-order valence-electron chi connectivity index (χ0n) is 12.8. The molecule has 1 aromatic rings. The van der Waals surface area contributed by atoms with E-state index < -0.39 is 0 Å². The minimum absolute atomic E-state index is 0.0471. The third-order valence-corrected chi connectivity index (χ3v) is 5.14. The maximum atomic E-state index is 11.8. The Labute approximate surface area is 126 Å². The number of hydrogen-bond acceptors (Lipinski definition) is 3. The summed E-state index contributed by atoms with van der Waals surface area (Å²) >= 11 is 2.02. The molecule has 1 fully saturated rings. The quantitative estimate of drug-likeness (QED) is 0.927. The molecular weight excluding hydrogens is 268 g/mol. The Kier molecular flexibility index (Phi) is 4.63. The van der Waals surface area contributed by atoms with Crippen LogP contribution in [0.1, 0.15) is 30.6 Å². The van der Waals surface area contributed by atoms with Gasteiger partial charge in [-0.1, -0.05) is 13.8 Å². The second kappa shape index (κ2) is 6.08. The molecule has 1 heterocycles. The van der Waals surface area contributed by atoms with Gasteiger partial charge in [0.25, 0.3) is 5.91 Å². The molecule has 1 N–H and O–H groups in total. The number of thioether (sulfide) groups is 1. The topological polar surface area (TPSA) is 32.3 Å². The van der Waals surface area contributed by atoms with E-state index in [0.29, 0.717) is 11.5 Å². The van der Waals surface area contributed by atoms with Crippen molar-refractivity contribution in [2.24, 2.45) is 5.41 Å². The van der Waals surface area contributed by atoms with Crippen LogP contribution in [0.2, 0.25) is 0 Å². The lowest BCUT2D eigenvalue weighted by atomic mass is 9.88. The number of benzene rings is 1. The third kappa shape index (κ3) is 3.92. The zero-order valence-corrected chi connectivity index (χ0v) is 13.6. The fourth-order valence-electron chi connectivity index (χ4n) is 2.56. The van der Waals surface area contributed by atoms with Gasteiger partial charge in [-0.15, -0.1) is 0 Å². The maximum absolute atomic E-state index is 11.8. The standard InChI is InChI=1S/C16H24N2OS/c1-16(2)9-14(10-20-11-16)17-13-7-5-12(6-8-13)15(19)18(3)4/h5-8,14,17H,9-11H2,1-4H3. The molecule has 1 aromatic carbocycles. The number of nitrogens with one attached hydrogen (secondary N) is 1. The van der Waals surface area contributed by atoms with Crippen molar-refractivity contribution in [3.63, 3.8) is 0 Å². The lowest BCUT2D eigenvalue weighted by Gasteiger charge is -2.35. The second-order valence-corrected chi connectivity index (χ2v) is 7.53. The predicted molar refractivity (Wildman–Crippen MR) is 87.6 cm³/mol. The molecule has 4 heteroatoms. The summed E-state index contributed by atoms with van der Waals surface area (Å²) in [5, 5.41) is 3.59. The summed E-state index contributed by atoms with van der Waals surface area (Å²) in [6.07, 6.45) is 1.19. The fourth-order valence-corrected chi connectivity index (χ4v) is 3.83. The van der Waals surface area contributed by atoms with E-state index in [1.54, 1.807) is 19.0 Å². The van der Waals surface area contributed by atoms with Crippen molar-refractivity contribution in [2.75, 3.05) is 30.9 Å². The molecular formula is C16H24N2OS. The number of carbonyl (C=O) groups is 1. The number of anilines is 1. The predicted octanol–water partition coefficient (Wildman–Crippen LogP) is 3.33. The highest BCUT2D eigenvalue weighted by Crippen LogP contribution is 2.34. The van der Waals surface area contributed by atoms with Crippen LogP contribution < -0.4 is 5.32 Å². The first-order chi connectivity index (χ1) is 9.37. The zero-order chi connectivity index (χ0) is 14.8. The molecule has 1 amide bonds. The van der Waals surface area contributed by atoms with Crippen molar-refractivity contribution in [1.29, 1.82) is 0 Å². The van der Waals surface area contributed by atoms with E-state index in [1.807, 2.05) is 36.0 Å². The van der Waals surface area contributed by atoms with Crippen molar-refractivity contribution >= 4 is 23.4 Å². The molecule has 0 radical (unpaired) electrons. The number of rotatable bonds is 3. The van der Waals surface area contributed by atoms with Crippen molar-refractivity contribution < 1.29 is 4.79 Å². The molecule has 1 saturated heterocycles. The van der Waals surface area contributed by atoms with Crippen LogP contribution in [0.25, 0.3) is 0 Å². The van der Waals surface area contributed by atoms with E-state index in [0.717, 1.165) is 17.0 Å². The maximum Gasteiger partial charge on any atom is 0.253 e. The lowest BCUT2D eigenvalue weighted by Crippen LogP contribution is -2.35. The minimum atomic E-state index is 0.0471. The van der Waals surface area contributed by atoms with Crippen LogP contribution in [-0.4, -0.2) is 42.4 Å². The number of amides is 1. The van der Waals surface area contributed by atoms with Crippen LogP contribution in [0, 0.1) is 5.41 Å². The smallest absolute Gasteiger partial charge is 0.253 e. The van der Waals surface area contributed by atoms with Gasteiger partial charge in [-0.3, -0.25) is 4.79 Å². The summed E-state index contributed by atoms with van der Waals surface area (Å²) in [5.41, 5.74) is 2.24. The summed E-state index contributed by atoms with van der Waals surface area (Å²) in [6, 6.07) is 8.31. The van der Waals surface area contributed by atoms with E-state index in [-0.39, 0.29) is 5.91 Å². The van der Waals surface area contributed by atoms with Crippen molar-refractivity contribution in [3.05, 3.63) is 29.8 Å². The Balaban J connectivity index is 1.99. The van der Waals surface area contributed by atoms with Gasteiger partial charge in [0.2, 0.25) is 0 Å². The van der Waals surface area contributed by atoms with Gasteiger partial charge >= 0.3 is 0 Å². The highest BCUT2D eigenvalue weighted by atomic mass is 32.2. The van der Waals surface area contributed by atoms with Gasteiger partial charge in [-0.25, -0.2) is 0 Å². The van der Waals surface area contributed by atoms with Crippen LogP contribution in [0.15, 0.2) is 24.3 Å². The average Bonchev–Trinajstić information content (AvgIpc) is 2.37. The highest BCUT2D eigenvalue weighted by molar-refractivity contribution is 7.99. The molecule has 2 rings (SSSR count). The van der Waals surface area contributed by atoms with Gasteiger partial charge in [0, 0.05) is 37.1 Å². The normalized spacial score (nSPS) is 21.3. The molecule has 0 bridgehead atoms. The molecule has 1 aliphatic rings. The van der Waals surface area contributed by atoms with E-state index in [9.17, 15) is 4.79 Å². The molecule has 0 aliphatic carbocycles. The molecule has 0 aromatic heterocycles. The van der Waals surface area contributed by atoms with E-state index in [2.05, 4.69) is 19.2 Å². The minimum Gasteiger partial charge on any atom is -0.381 e. The van der Waals surface area contributed by atoms with Gasteiger partial charge < -0.3 is 10.2 Å². The van der Waals surface area contributed by atoms with Crippen LogP contribution in [0.5, 0.6) is 0 Å². The Morgan fingerprint density at radius 3 is 2.50 bits per heavy atom. The van der Waals surface area contributed by atoms with E-state index >= 15 is 0 Å². The molecule has 110 valence electrons. The monoisotopic (exact) mass is 292 g/mol. The third-order valence-electron chi connectivity index (χ3n) is 3.52. The molecule has 0 saturated carbocycles. The van der Waals surface area contributed by atoms with E-state index in [1.165, 1.54) is 12.2 Å². The number of carbonyl (C=O) groups excluding carboxylic acids is 1. The summed E-state index contributed by atoms with van der Waals surface area (Å²) < 4.78 is 0. The van der Waals surface area contributed by atoms with Gasteiger partial charge in [0.05, 0.1) is 0 Å². The average molecular weight is 292 g/mol. The molecule has 1 unspecified atom stereocenters. The lowest BCUT2D eigenvalue weighted by molar-refractivity contribution is 0.0827. The number of nitrogens with zero attached hydrogens (tertiary/aromatic N) is 1. The van der Waals surface area contributed by atoms with Gasteiger partial charge in [-0.05, 0) is 41.9 Å². The van der Waals surface area contributed by atoms with Crippen LogP contribution in [-0.2, 0) is 0 Å². The first-order valence-corrected chi connectivity index (χ1v) is 8.19. The molecule has 20 heavy (non-hydrogen) atoms. The summed E-state index contributed by atoms with van der Waals surface area (Å²) in [5.74, 6) is 2.44. The summed E-state index contributed by atoms with van der Waals surface area (Å²) in [7, 11) is 3.55. The number of hydrogen-bond donors (Lipinski definition) is 1. The van der Waals surface area contributed by atoms with Crippen molar-refractivity contribution in [2.45, 2.75) is 26.3 Å². The van der Waals surface area contributed by atoms with E-state index in [4.69, 9.17) is 0 Å². The van der Waals surface area contributed by atoms with Crippen molar-refractivity contribution in [1.82, 2.24) is 4.90 Å². The molecule has 1 atom stereocenters. The van der Waals surface area contributed by atoms with Gasteiger partial charge in [0.15, 0.2) is 0 Å². The SMILES string of the molecule is CN(C)C(=O)c1ccc(NC2CSCC(C)(C)C2)cc1. The highest BCUT2D eigenvalue weighted by Gasteiger charge is 2.28. The molecule has 3 nitrogen and oxygen atoms in total. The van der Waals surface area contributed by atoms with Gasteiger partial charge in [0.1, 0.15) is 0 Å². The summed E-state index contributed by atoms with van der Waals surface area (Å²) in [4.78, 5) is 13.4. The Hall–Kier alpha value is -1.16. The Bertz CT molecular complexity index is 468. The Morgan fingerprint density at radius 1 is 1.30 bits per heavy atom. The molecule has 1 aliphatic heterocycles. The van der Waals surface area contributed by atoms with Crippen LogP contribution in [0.3, 0.4) is 0 Å². The van der Waals surface area contributed by atoms with Gasteiger partial charge in [-0.2, -0.15) is 11.8 Å². The fraction of sp³-hybridized carbons (Fsp3) is 0.562. The first kappa shape index (κ1) is 15.2. The van der Waals surface area contributed by atoms with Crippen LogP contribution >= 0.6 is 11.8 Å². The largest absolute Gasteiger partial charge is 0.381 e. The van der Waals surface area contributed by atoms with Crippen LogP contribution in [0.4, 0.5) is 5.69 Å². The van der Waals surface area contributed by atoms with Crippen molar-refractivity contribution in [3.8, 4) is 0 Å². The second-order valence-electron chi connectivity index (χ2n) is 6.50. The first-order valence-electron chi connectivity index (χ1n) is 7.03.